The minimum atomic E-state index is -0.243. The molecule has 0 saturated carbocycles. The van der Waals surface area contributed by atoms with Crippen LogP contribution >= 0.6 is 0 Å². The van der Waals surface area contributed by atoms with Gasteiger partial charge < -0.3 is 42.6 Å². The van der Waals surface area contributed by atoms with Crippen LogP contribution in [0.1, 0.15) is 103 Å². The van der Waals surface area contributed by atoms with Crippen molar-refractivity contribution < 1.29 is 61.8 Å². The number of esters is 4. The molecule has 0 aliphatic heterocycles. The lowest BCUT2D eigenvalue weighted by atomic mass is 10.2. The average molecular weight is 681 g/mol. The lowest BCUT2D eigenvalue weighted by Crippen LogP contribution is -2.14. The number of carbonyl (C=O) groups is 4. The second-order valence-electron chi connectivity index (χ2n) is 10.7. The molecule has 13 heteroatoms. The van der Waals surface area contributed by atoms with Crippen LogP contribution < -0.4 is 0 Å². The van der Waals surface area contributed by atoms with Gasteiger partial charge in [0, 0.05) is 80.6 Å². The van der Waals surface area contributed by atoms with Crippen molar-refractivity contribution >= 4 is 23.9 Å². The monoisotopic (exact) mass is 680 g/mol. The van der Waals surface area contributed by atoms with E-state index >= 15 is 0 Å². The number of unbranched alkanes of at least 4 members (excludes halogenated alkanes) is 8. The lowest BCUT2D eigenvalue weighted by Gasteiger charge is -2.07. The average Bonchev–Trinajstić information content (AvgIpc) is 3.06. The topological polar surface area (TPSA) is 151 Å². The van der Waals surface area contributed by atoms with E-state index in [0.717, 1.165) is 103 Å². The Balaban J connectivity index is 0. The maximum Gasteiger partial charge on any atom is 0.305 e. The molecule has 0 atom stereocenters. The van der Waals surface area contributed by atoms with Crippen LogP contribution in [0.25, 0.3) is 0 Å². The van der Waals surface area contributed by atoms with E-state index in [1.54, 1.807) is 28.4 Å². The zero-order valence-electron chi connectivity index (χ0n) is 29.7. The highest BCUT2D eigenvalue weighted by Crippen LogP contribution is 2.04. The van der Waals surface area contributed by atoms with Crippen LogP contribution in [0, 0.1) is 0 Å². The van der Waals surface area contributed by atoms with Gasteiger partial charge in [0.25, 0.3) is 0 Å². The second-order valence-corrected chi connectivity index (χ2v) is 10.7. The molecule has 0 fully saturated rings. The molecule has 0 unspecified atom stereocenters. The van der Waals surface area contributed by atoms with Crippen LogP contribution in [0.3, 0.4) is 0 Å². The van der Waals surface area contributed by atoms with Crippen molar-refractivity contribution in [2.24, 2.45) is 0 Å². The summed E-state index contributed by atoms with van der Waals surface area (Å²) in [5, 5.41) is 0. The highest BCUT2D eigenvalue weighted by Gasteiger charge is 2.06. The molecule has 0 aromatic rings. The van der Waals surface area contributed by atoms with Crippen LogP contribution in [0.5, 0.6) is 0 Å². The molecule has 0 rings (SSSR count). The maximum atomic E-state index is 11.4. The van der Waals surface area contributed by atoms with Crippen LogP contribution in [0.15, 0.2) is 0 Å². The molecule has 0 heterocycles. The molecule has 0 aliphatic rings. The largest absolute Gasteiger partial charge is 0.463 e. The number of ether oxygens (including phenoxy) is 9. The summed E-state index contributed by atoms with van der Waals surface area (Å²) >= 11 is 0. The van der Waals surface area contributed by atoms with Crippen molar-refractivity contribution in [3.8, 4) is 0 Å². The summed E-state index contributed by atoms with van der Waals surface area (Å²) in [7, 11) is 6.66. The van der Waals surface area contributed by atoms with E-state index in [9.17, 15) is 19.2 Å². The summed E-state index contributed by atoms with van der Waals surface area (Å²) in [5.41, 5.74) is 0. The quantitative estimate of drug-likeness (QED) is 0.0521. The number of hydrogen-bond acceptors (Lipinski definition) is 13. The van der Waals surface area contributed by atoms with Gasteiger partial charge in [-0.05, 0) is 51.4 Å². The molecule has 13 nitrogen and oxygen atoms in total. The molecule has 0 aromatic carbocycles. The second kappa shape index (κ2) is 39.9. The van der Waals surface area contributed by atoms with E-state index in [4.69, 9.17) is 42.6 Å². The van der Waals surface area contributed by atoms with Crippen molar-refractivity contribution in [3.05, 3.63) is 0 Å². The molecule has 0 bridgehead atoms. The van der Waals surface area contributed by atoms with Gasteiger partial charge in [-0.25, -0.2) is 0 Å². The van der Waals surface area contributed by atoms with Crippen LogP contribution in [0.4, 0.5) is 0 Å². The summed E-state index contributed by atoms with van der Waals surface area (Å²) in [5.74, 6) is -0.900. The van der Waals surface area contributed by atoms with Gasteiger partial charge in [0.1, 0.15) is 26.4 Å². The van der Waals surface area contributed by atoms with Crippen molar-refractivity contribution in [3.63, 3.8) is 0 Å². The van der Waals surface area contributed by atoms with Crippen LogP contribution in [-0.4, -0.2) is 118 Å². The van der Waals surface area contributed by atoms with Gasteiger partial charge in [0.2, 0.25) is 0 Å². The minimum Gasteiger partial charge on any atom is -0.463 e. The van der Waals surface area contributed by atoms with Crippen LogP contribution in [0.2, 0.25) is 0 Å². The van der Waals surface area contributed by atoms with E-state index in [0.29, 0.717) is 38.9 Å². The van der Waals surface area contributed by atoms with Crippen molar-refractivity contribution in [1.82, 2.24) is 0 Å². The zero-order valence-corrected chi connectivity index (χ0v) is 29.7. The Morgan fingerprint density at radius 2 is 0.532 bits per heavy atom. The summed E-state index contributed by atoms with van der Waals surface area (Å²) in [6.07, 6.45) is 12.5. The molecule has 0 saturated heterocycles. The molecule has 0 aliphatic carbocycles. The molecule has 0 amide bonds. The first kappa shape index (κ1) is 46.8. The fourth-order valence-corrected chi connectivity index (χ4v) is 3.90. The zero-order chi connectivity index (χ0) is 35.1. The number of hydrogen-bond donors (Lipinski definition) is 0. The summed E-state index contributed by atoms with van der Waals surface area (Å²) in [4.78, 5) is 45.6. The molecule has 0 spiro atoms. The fourth-order valence-electron chi connectivity index (χ4n) is 3.90. The summed E-state index contributed by atoms with van der Waals surface area (Å²) < 4.78 is 45.1. The Bertz CT molecular complexity index is 660. The molecule has 278 valence electrons. The highest BCUT2D eigenvalue weighted by molar-refractivity contribution is 5.70. The van der Waals surface area contributed by atoms with Crippen molar-refractivity contribution in [2.45, 2.75) is 103 Å². The first-order chi connectivity index (χ1) is 22.9. The van der Waals surface area contributed by atoms with Gasteiger partial charge in [0.15, 0.2) is 0 Å². The minimum absolute atomic E-state index is 0.131. The Morgan fingerprint density at radius 1 is 0.298 bits per heavy atom. The lowest BCUT2D eigenvalue weighted by molar-refractivity contribution is -0.152. The van der Waals surface area contributed by atoms with E-state index in [1.807, 2.05) is 0 Å². The van der Waals surface area contributed by atoms with Gasteiger partial charge in [0.05, 0.1) is 13.2 Å². The fraction of sp³-hybridized carbons (Fsp3) is 0.882. The highest BCUT2D eigenvalue weighted by atomic mass is 16.6. The van der Waals surface area contributed by atoms with E-state index < -0.39 is 0 Å². The maximum absolute atomic E-state index is 11.4. The SMILES string of the molecule is COCCCCCC(=O)OCCOC(=O)CCCCCOC.COCCCCCC(=O)OCCOCCOC(=O)CCCCCOC. The van der Waals surface area contributed by atoms with Gasteiger partial charge in [-0.2, -0.15) is 0 Å². The Hall–Kier alpha value is -2.32. The molecule has 47 heavy (non-hydrogen) atoms. The number of rotatable bonds is 33. The summed E-state index contributed by atoms with van der Waals surface area (Å²) in [6, 6.07) is 0. The van der Waals surface area contributed by atoms with E-state index in [-0.39, 0.29) is 50.3 Å². The Morgan fingerprint density at radius 3 is 0.766 bits per heavy atom. The van der Waals surface area contributed by atoms with E-state index in [1.165, 1.54) is 0 Å². The van der Waals surface area contributed by atoms with Gasteiger partial charge in [-0.1, -0.05) is 25.7 Å². The molecular weight excluding hydrogens is 616 g/mol. The van der Waals surface area contributed by atoms with Gasteiger partial charge in [-0.15, -0.1) is 0 Å². The predicted octanol–water partition coefficient (Wildman–Crippen LogP) is 4.99. The van der Waals surface area contributed by atoms with Gasteiger partial charge in [-0.3, -0.25) is 19.2 Å². The first-order valence-corrected chi connectivity index (χ1v) is 17.1. The summed E-state index contributed by atoms with van der Waals surface area (Å²) in [6.45, 7) is 4.22. The molecule has 0 aromatic heterocycles. The standard InChI is InChI=1S/C18H34O7.C16H30O6/c1-21-11-7-3-5-9-17(19)24-15-13-23-14-16-25-18(20)10-6-4-8-12-22-2;1-19-11-7-3-5-9-15(17)21-13-14-22-16(18)10-6-4-8-12-20-2/h3-16H2,1-2H3;3-14H2,1-2H3. The molecule has 0 N–H and O–H groups in total. The number of carbonyl (C=O) groups excluding carboxylic acids is 4. The first-order valence-electron chi connectivity index (χ1n) is 17.1. The number of methoxy groups -OCH3 is 4. The van der Waals surface area contributed by atoms with Crippen molar-refractivity contribution in [1.29, 1.82) is 0 Å². The van der Waals surface area contributed by atoms with Crippen LogP contribution in [-0.2, 0) is 61.8 Å². The Kier molecular flexibility index (Phi) is 39.7. The third kappa shape index (κ3) is 41.7. The smallest absolute Gasteiger partial charge is 0.305 e. The van der Waals surface area contributed by atoms with E-state index in [2.05, 4.69) is 0 Å². The Labute approximate surface area is 282 Å². The van der Waals surface area contributed by atoms with Gasteiger partial charge >= 0.3 is 23.9 Å². The third-order valence-electron chi connectivity index (χ3n) is 6.51. The normalized spacial score (nSPS) is 10.6. The van der Waals surface area contributed by atoms with Crippen molar-refractivity contribution in [2.75, 3.05) is 94.5 Å². The third-order valence-corrected chi connectivity index (χ3v) is 6.51. The molecular formula is C34H64O13. The molecule has 0 radical (unpaired) electrons. The predicted molar refractivity (Wildman–Crippen MR) is 176 cm³/mol.